The van der Waals surface area contributed by atoms with Crippen molar-refractivity contribution in [3.05, 3.63) is 63.1 Å². The van der Waals surface area contributed by atoms with E-state index in [4.69, 9.17) is 11.6 Å². The van der Waals surface area contributed by atoms with Crippen LogP contribution in [0.3, 0.4) is 0 Å². The van der Waals surface area contributed by atoms with E-state index in [0.29, 0.717) is 23.5 Å². The van der Waals surface area contributed by atoms with Crippen LogP contribution in [0.4, 0.5) is 23.7 Å². The Morgan fingerprint density at radius 3 is 2.69 bits per heavy atom. The first-order chi connectivity index (χ1) is 15.0. The van der Waals surface area contributed by atoms with Crippen molar-refractivity contribution in [2.45, 2.75) is 25.9 Å². The average Bonchev–Trinajstić information content (AvgIpc) is 3.05. The van der Waals surface area contributed by atoms with E-state index in [1.807, 2.05) is 19.2 Å². The van der Waals surface area contributed by atoms with Gasteiger partial charge in [0.15, 0.2) is 0 Å². The molecule has 0 saturated heterocycles. The minimum absolute atomic E-state index is 0.315. The van der Waals surface area contributed by atoms with Gasteiger partial charge >= 0.3 is 12.2 Å². The highest BCUT2D eigenvalue weighted by Gasteiger charge is 2.42. The Morgan fingerprint density at radius 1 is 1.31 bits per heavy atom. The minimum Gasteiger partial charge on any atom is -0.306 e. The second kappa shape index (κ2) is 10.1. The molecule has 10 heteroatoms. The number of hydrazone groups is 1. The van der Waals surface area contributed by atoms with Crippen molar-refractivity contribution in [1.82, 2.24) is 5.01 Å². The lowest BCUT2D eigenvalue weighted by Crippen LogP contribution is -2.35. The standard InChI is InChI=1S/C22H22BrClF3N3OS/c1-21(9-4-10-32-2)13-30(20(31)28-16-6-3-5-15(23)12-16)29-19(21)14-7-8-17(18(24)11-14)22(25,26)27/h3,5-8,11-12H,4,9-10,13H2,1-2H3,(H,28,31). The van der Waals surface area contributed by atoms with Crippen LogP contribution < -0.4 is 5.32 Å². The molecule has 0 aromatic heterocycles. The predicted octanol–water partition coefficient (Wildman–Crippen LogP) is 7.52. The number of urea groups is 1. The molecule has 1 unspecified atom stereocenters. The van der Waals surface area contributed by atoms with Gasteiger partial charge in [0.25, 0.3) is 0 Å². The van der Waals surface area contributed by atoms with E-state index in [-0.39, 0.29) is 5.02 Å². The highest BCUT2D eigenvalue weighted by molar-refractivity contribution is 9.10. The van der Waals surface area contributed by atoms with Gasteiger partial charge in [-0.1, -0.05) is 46.6 Å². The van der Waals surface area contributed by atoms with Gasteiger partial charge in [-0.25, -0.2) is 9.80 Å². The SMILES string of the molecule is CSCCCC1(C)CN(C(=O)Nc2cccc(Br)c2)N=C1c1ccc(C(F)(F)F)c(Cl)c1. The van der Waals surface area contributed by atoms with Crippen LogP contribution in [-0.2, 0) is 6.18 Å². The maximum Gasteiger partial charge on any atom is 0.417 e. The van der Waals surface area contributed by atoms with Crippen molar-refractivity contribution in [1.29, 1.82) is 0 Å². The topological polar surface area (TPSA) is 44.7 Å². The highest BCUT2D eigenvalue weighted by atomic mass is 79.9. The molecule has 32 heavy (non-hydrogen) atoms. The van der Waals surface area contributed by atoms with E-state index in [9.17, 15) is 18.0 Å². The van der Waals surface area contributed by atoms with Crippen LogP contribution in [0.25, 0.3) is 0 Å². The largest absolute Gasteiger partial charge is 0.417 e. The minimum atomic E-state index is -4.54. The lowest BCUT2D eigenvalue weighted by atomic mass is 9.78. The van der Waals surface area contributed by atoms with E-state index in [1.54, 1.807) is 30.0 Å². The fourth-order valence-corrected chi connectivity index (χ4v) is 4.78. The molecule has 0 radical (unpaired) electrons. The second-order valence-electron chi connectivity index (χ2n) is 7.80. The number of alkyl halides is 3. The number of hydrogen-bond donors (Lipinski definition) is 1. The van der Waals surface area contributed by atoms with Crippen LogP contribution in [0, 0.1) is 5.41 Å². The highest BCUT2D eigenvalue weighted by Crippen LogP contribution is 2.39. The van der Waals surface area contributed by atoms with Crippen LogP contribution in [0.15, 0.2) is 52.0 Å². The van der Waals surface area contributed by atoms with E-state index in [0.717, 1.165) is 29.1 Å². The van der Waals surface area contributed by atoms with Crippen molar-refractivity contribution in [3.8, 4) is 0 Å². The van der Waals surface area contributed by atoms with Gasteiger partial charge in [-0.3, -0.25) is 0 Å². The summed E-state index contributed by atoms with van der Waals surface area (Å²) in [6.07, 6.45) is -0.915. The summed E-state index contributed by atoms with van der Waals surface area (Å²) >= 11 is 11.0. The molecular formula is C22H22BrClF3N3OS. The Morgan fingerprint density at radius 2 is 2.06 bits per heavy atom. The molecule has 0 fully saturated rings. The maximum absolute atomic E-state index is 13.1. The zero-order valence-electron chi connectivity index (χ0n) is 17.5. The molecule has 2 aromatic carbocycles. The number of benzene rings is 2. The lowest BCUT2D eigenvalue weighted by Gasteiger charge is -2.26. The molecule has 2 amide bonds. The Bertz CT molecular complexity index is 1030. The number of rotatable bonds is 6. The van der Waals surface area contributed by atoms with Crippen molar-refractivity contribution >= 4 is 56.7 Å². The molecule has 1 atom stereocenters. The molecule has 1 heterocycles. The van der Waals surface area contributed by atoms with Gasteiger partial charge in [-0.2, -0.15) is 30.0 Å². The van der Waals surface area contributed by atoms with Crippen LogP contribution in [0.2, 0.25) is 5.02 Å². The van der Waals surface area contributed by atoms with Crippen molar-refractivity contribution < 1.29 is 18.0 Å². The van der Waals surface area contributed by atoms with Crippen molar-refractivity contribution in [3.63, 3.8) is 0 Å². The smallest absolute Gasteiger partial charge is 0.306 e. The van der Waals surface area contributed by atoms with E-state index < -0.39 is 23.2 Å². The summed E-state index contributed by atoms with van der Waals surface area (Å²) < 4.78 is 40.2. The van der Waals surface area contributed by atoms with Gasteiger partial charge in [0.1, 0.15) is 0 Å². The summed E-state index contributed by atoms with van der Waals surface area (Å²) in [6, 6.07) is 10.4. The number of anilines is 1. The average molecular weight is 549 g/mol. The van der Waals surface area contributed by atoms with E-state index >= 15 is 0 Å². The molecule has 0 spiro atoms. The third-order valence-electron chi connectivity index (χ3n) is 5.23. The molecule has 1 N–H and O–H groups in total. The Labute approximate surface area is 202 Å². The third kappa shape index (κ3) is 5.80. The summed E-state index contributed by atoms with van der Waals surface area (Å²) in [5, 5.41) is 8.28. The fraction of sp³-hybridized carbons (Fsp3) is 0.364. The number of halogens is 5. The van der Waals surface area contributed by atoms with Gasteiger partial charge in [-0.15, -0.1) is 0 Å². The molecule has 0 aliphatic carbocycles. The van der Waals surface area contributed by atoms with Gasteiger partial charge < -0.3 is 5.32 Å². The Kier molecular flexibility index (Phi) is 7.83. The van der Waals surface area contributed by atoms with Gasteiger partial charge in [0, 0.05) is 15.6 Å². The summed E-state index contributed by atoms with van der Waals surface area (Å²) in [5.74, 6) is 0.931. The Balaban J connectivity index is 1.91. The predicted molar refractivity (Wildman–Crippen MR) is 129 cm³/mol. The van der Waals surface area contributed by atoms with Gasteiger partial charge in [0.2, 0.25) is 0 Å². The molecule has 0 saturated carbocycles. The first-order valence-corrected chi connectivity index (χ1v) is 12.4. The van der Waals surface area contributed by atoms with Gasteiger partial charge in [-0.05, 0) is 60.7 Å². The number of amides is 2. The Hall–Kier alpha value is -1.71. The van der Waals surface area contributed by atoms with E-state index in [2.05, 4.69) is 26.3 Å². The number of nitrogens with zero attached hydrogens (tertiary/aromatic N) is 2. The number of carbonyl (C=O) groups is 1. The molecule has 2 aromatic rings. The molecular weight excluding hydrogens is 527 g/mol. The van der Waals surface area contributed by atoms with Crippen LogP contribution in [-0.4, -0.2) is 35.3 Å². The molecule has 172 valence electrons. The molecule has 0 bridgehead atoms. The number of hydrogen-bond acceptors (Lipinski definition) is 3. The fourth-order valence-electron chi connectivity index (χ4n) is 3.66. The van der Waals surface area contributed by atoms with Crippen LogP contribution in [0.5, 0.6) is 0 Å². The van der Waals surface area contributed by atoms with Gasteiger partial charge in [0.05, 0.1) is 22.8 Å². The van der Waals surface area contributed by atoms with Crippen LogP contribution >= 0.6 is 39.3 Å². The maximum atomic E-state index is 13.1. The molecule has 1 aliphatic heterocycles. The molecule has 4 nitrogen and oxygen atoms in total. The number of thioether (sulfide) groups is 1. The normalized spacial score (nSPS) is 18.6. The molecule has 1 aliphatic rings. The summed E-state index contributed by atoms with van der Waals surface area (Å²) in [6.45, 7) is 2.29. The first kappa shape index (κ1) is 24.9. The van der Waals surface area contributed by atoms with Crippen molar-refractivity contribution in [2.24, 2.45) is 10.5 Å². The van der Waals surface area contributed by atoms with E-state index in [1.165, 1.54) is 17.1 Å². The number of carbonyl (C=O) groups excluding carboxylic acids is 1. The third-order valence-corrected chi connectivity index (χ3v) is 6.73. The number of nitrogens with one attached hydrogen (secondary N) is 1. The summed E-state index contributed by atoms with van der Waals surface area (Å²) in [5.41, 5.74) is 0.225. The monoisotopic (exact) mass is 547 g/mol. The quantitative estimate of drug-likeness (QED) is 0.379. The first-order valence-electron chi connectivity index (χ1n) is 9.83. The lowest BCUT2D eigenvalue weighted by molar-refractivity contribution is -0.137. The summed E-state index contributed by atoms with van der Waals surface area (Å²) in [4.78, 5) is 12.9. The van der Waals surface area contributed by atoms with Crippen LogP contribution in [0.1, 0.15) is 30.9 Å². The summed E-state index contributed by atoms with van der Waals surface area (Å²) in [7, 11) is 0. The zero-order valence-corrected chi connectivity index (χ0v) is 20.6. The van der Waals surface area contributed by atoms with Crippen molar-refractivity contribution in [2.75, 3.05) is 23.9 Å². The molecule has 3 rings (SSSR count). The second-order valence-corrected chi connectivity index (χ2v) is 10.1. The zero-order chi connectivity index (χ0) is 23.5.